The molecule has 0 aliphatic carbocycles. The summed E-state index contributed by atoms with van der Waals surface area (Å²) in [7, 11) is -2.15. The number of benzene rings is 1. The predicted octanol–water partition coefficient (Wildman–Crippen LogP) is 1.23. The lowest BCUT2D eigenvalue weighted by atomic mass is 10.2. The molecule has 1 saturated heterocycles. The molecule has 1 aromatic heterocycles. The summed E-state index contributed by atoms with van der Waals surface area (Å²) in [4.78, 5) is 21.1. The van der Waals surface area contributed by atoms with Gasteiger partial charge in [0.05, 0.1) is 17.1 Å². The van der Waals surface area contributed by atoms with Crippen molar-refractivity contribution in [2.24, 2.45) is 0 Å². The van der Waals surface area contributed by atoms with Crippen LogP contribution in [0.15, 0.2) is 47.5 Å². The van der Waals surface area contributed by atoms with Gasteiger partial charge in [0.25, 0.3) is 5.91 Å². The minimum Gasteiger partial charge on any atom is -0.383 e. The summed E-state index contributed by atoms with van der Waals surface area (Å²) in [5, 5.41) is 9.31. The van der Waals surface area contributed by atoms with Gasteiger partial charge >= 0.3 is 0 Å². The molecule has 2 aromatic rings. The molecular formula is C21H25N5O4S. The molecule has 0 saturated carbocycles. The predicted molar refractivity (Wildman–Crippen MR) is 115 cm³/mol. The molecule has 1 aliphatic rings. The Labute approximate surface area is 182 Å². The molecule has 1 amide bonds. The number of nitriles is 1. The average Bonchev–Trinajstić information content (AvgIpc) is 3.05. The molecular weight excluding hydrogens is 418 g/mol. The number of amides is 1. The quantitative estimate of drug-likeness (QED) is 0.640. The standard InChI is InChI=1S/C21H25N5O4S/c1-30-15-10-24-31(28,29)19-7-5-17(6-8-19)21(27)26-12-3-11-25(13-14-26)20-18(16-22)4-2-9-23-20/h2,4-9,24H,3,10-15H2,1H3. The Kier molecular flexibility index (Phi) is 7.57. The highest BCUT2D eigenvalue weighted by molar-refractivity contribution is 7.89. The highest BCUT2D eigenvalue weighted by Gasteiger charge is 2.23. The van der Waals surface area contributed by atoms with Crippen molar-refractivity contribution in [2.75, 3.05) is 51.3 Å². The summed E-state index contributed by atoms with van der Waals surface area (Å²) >= 11 is 0. The maximum Gasteiger partial charge on any atom is 0.253 e. The smallest absolute Gasteiger partial charge is 0.253 e. The molecule has 0 radical (unpaired) electrons. The van der Waals surface area contributed by atoms with Crippen LogP contribution < -0.4 is 9.62 Å². The zero-order valence-corrected chi connectivity index (χ0v) is 18.1. The number of carbonyl (C=O) groups is 1. The van der Waals surface area contributed by atoms with Crippen LogP contribution in [0.4, 0.5) is 5.82 Å². The molecule has 164 valence electrons. The Balaban J connectivity index is 1.66. The van der Waals surface area contributed by atoms with Crippen LogP contribution >= 0.6 is 0 Å². The largest absolute Gasteiger partial charge is 0.383 e. The number of carbonyl (C=O) groups excluding carboxylic acids is 1. The van der Waals surface area contributed by atoms with Crippen molar-refractivity contribution >= 4 is 21.7 Å². The number of hydrogen-bond donors (Lipinski definition) is 1. The van der Waals surface area contributed by atoms with Gasteiger partial charge in [-0.25, -0.2) is 18.1 Å². The lowest BCUT2D eigenvalue weighted by Crippen LogP contribution is -2.35. The zero-order valence-electron chi connectivity index (χ0n) is 17.3. The third kappa shape index (κ3) is 5.58. The van der Waals surface area contributed by atoms with Crippen molar-refractivity contribution in [3.8, 4) is 6.07 Å². The molecule has 2 heterocycles. The van der Waals surface area contributed by atoms with Crippen molar-refractivity contribution in [1.29, 1.82) is 5.26 Å². The number of rotatable bonds is 7. The van der Waals surface area contributed by atoms with Gasteiger partial charge in [-0.05, 0) is 42.8 Å². The third-order valence-electron chi connectivity index (χ3n) is 5.00. The molecule has 1 aromatic carbocycles. The molecule has 1 N–H and O–H groups in total. The van der Waals surface area contributed by atoms with Gasteiger partial charge in [-0.1, -0.05) is 0 Å². The van der Waals surface area contributed by atoms with Crippen molar-refractivity contribution in [2.45, 2.75) is 11.3 Å². The second-order valence-corrected chi connectivity index (χ2v) is 8.80. The van der Waals surface area contributed by atoms with E-state index in [1.54, 1.807) is 23.2 Å². The average molecular weight is 444 g/mol. The summed E-state index contributed by atoms with van der Waals surface area (Å²) in [6.07, 6.45) is 2.40. The first-order valence-corrected chi connectivity index (χ1v) is 11.4. The third-order valence-corrected chi connectivity index (χ3v) is 6.48. The number of pyridine rings is 1. The van der Waals surface area contributed by atoms with E-state index >= 15 is 0 Å². The van der Waals surface area contributed by atoms with Crippen LogP contribution in [0.5, 0.6) is 0 Å². The monoisotopic (exact) mass is 443 g/mol. The van der Waals surface area contributed by atoms with Crippen LogP contribution in [-0.2, 0) is 14.8 Å². The van der Waals surface area contributed by atoms with Gasteiger partial charge in [-0.2, -0.15) is 5.26 Å². The van der Waals surface area contributed by atoms with E-state index < -0.39 is 10.0 Å². The van der Waals surface area contributed by atoms with Crippen LogP contribution in [0.1, 0.15) is 22.3 Å². The molecule has 0 spiro atoms. The number of hydrogen-bond acceptors (Lipinski definition) is 7. The molecule has 10 heteroatoms. The first-order valence-electron chi connectivity index (χ1n) is 9.94. The Morgan fingerprint density at radius 1 is 1.19 bits per heavy atom. The molecule has 0 atom stereocenters. The number of methoxy groups -OCH3 is 1. The second-order valence-electron chi connectivity index (χ2n) is 7.03. The Bertz CT molecular complexity index is 1050. The van der Waals surface area contributed by atoms with Crippen molar-refractivity contribution < 1.29 is 17.9 Å². The van der Waals surface area contributed by atoms with Crippen molar-refractivity contribution in [3.05, 3.63) is 53.7 Å². The van der Waals surface area contributed by atoms with E-state index in [1.807, 2.05) is 4.90 Å². The Hall–Kier alpha value is -3.00. The lowest BCUT2D eigenvalue weighted by molar-refractivity contribution is 0.0767. The number of nitrogens with one attached hydrogen (secondary N) is 1. The van der Waals surface area contributed by atoms with Crippen molar-refractivity contribution in [3.63, 3.8) is 0 Å². The normalized spacial score (nSPS) is 14.7. The molecule has 1 aliphatic heterocycles. The van der Waals surface area contributed by atoms with Crippen LogP contribution in [0.2, 0.25) is 0 Å². The summed E-state index contributed by atoms with van der Waals surface area (Å²) in [6, 6.07) is 11.5. The molecule has 0 unspecified atom stereocenters. The number of aromatic nitrogens is 1. The molecule has 1 fully saturated rings. The van der Waals surface area contributed by atoms with Gasteiger partial charge in [0, 0.05) is 51.6 Å². The summed E-state index contributed by atoms with van der Waals surface area (Å²) in [6.45, 7) is 2.76. The topological polar surface area (TPSA) is 116 Å². The summed E-state index contributed by atoms with van der Waals surface area (Å²) in [5.41, 5.74) is 0.943. The van der Waals surface area contributed by atoms with Gasteiger partial charge < -0.3 is 14.5 Å². The van der Waals surface area contributed by atoms with E-state index in [2.05, 4.69) is 15.8 Å². The second kappa shape index (κ2) is 10.3. The first kappa shape index (κ1) is 22.7. The van der Waals surface area contributed by atoms with E-state index in [0.29, 0.717) is 43.1 Å². The van der Waals surface area contributed by atoms with E-state index in [4.69, 9.17) is 4.74 Å². The highest BCUT2D eigenvalue weighted by atomic mass is 32.2. The van der Waals surface area contributed by atoms with E-state index in [0.717, 1.165) is 6.42 Å². The maximum atomic E-state index is 12.9. The number of ether oxygens (including phenoxy) is 1. The Morgan fingerprint density at radius 2 is 1.97 bits per heavy atom. The molecule has 3 rings (SSSR count). The zero-order chi connectivity index (χ0) is 22.3. The van der Waals surface area contributed by atoms with Gasteiger partial charge in [-0.15, -0.1) is 0 Å². The lowest BCUT2D eigenvalue weighted by Gasteiger charge is -2.23. The number of sulfonamides is 1. The van der Waals surface area contributed by atoms with Crippen LogP contribution in [0, 0.1) is 11.3 Å². The fourth-order valence-electron chi connectivity index (χ4n) is 3.39. The molecule has 0 bridgehead atoms. The fraction of sp³-hybridized carbons (Fsp3) is 0.381. The fourth-order valence-corrected chi connectivity index (χ4v) is 4.40. The minimum absolute atomic E-state index is 0.0985. The first-order chi connectivity index (χ1) is 15.0. The van der Waals surface area contributed by atoms with Gasteiger partial charge in [0.2, 0.25) is 10.0 Å². The van der Waals surface area contributed by atoms with Crippen molar-refractivity contribution in [1.82, 2.24) is 14.6 Å². The highest BCUT2D eigenvalue weighted by Crippen LogP contribution is 2.19. The van der Waals surface area contributed by atoms with Gasteiger partial charge in [-0.3, -0.25) is 4.79 Å². The van der Waals surface area contributed by atoms with E-state index in [9.17, 15) is 18.5 Å². The summed E-state index contributed by atoms with van der Waals surface area (Å²) in [5.74, 6) is 0.481. The molecule has 31 heavy (non-hydrogen) atoms. The maximum absolute atomic E-state index is 12.9. The Morgan fingerprint density at radius 3 is 2.68 bits per heavy atom. The van der Waals surface area contributed by atoms with E-state index in [1.165, 1.54) is 31.4 Å². The van der Waals surface area contributed by atoms with E-state index in [-0.39, 0.29) is 24.0 Å². The minimum atomic E-state index is -3.65. The van der Waals surface area contributed by atoms with Gasteiger partial charge in [0.15, 0.2) is 0 Å². The molecule has 9 nitrogen and oxygen atoms in total. The number of anilines is 1. The van der Waals surface area contributed by atoms with Crippen LogP contribution in [-0.4, -0.2) is 70.6 Å². The summed E-state index contributed by atoms with van der Waals surface area (Å²) < 4.78 is 31.8. The van der Waals surface area contributed by atoms with Gasteiger partial charge in [0.1, 0.15) is 11.9 Å². The van der Waals surface area contributed by atoms with Crippen LogP contribution in [0.25, 0.3) is 0 Å². The SMILES string of the molecule is COCCNS(=O)(=O)c1ccc(C(=O)N2CCCN(c3ncccc3C#N)CC2)cc1. The number of nitrogens with zero attached hydrogens (tertiary/aromatic N) is 4. The van der Waals surface area contributed by atoms with Crippen LogP contribution in [0.3, 0.4) is 0 Å².